The van der Waals surface area contributed by atoms with Crippen LogP contribution in [0.2, 0.25) is 0 Å². The zero-order valence-electron chi connectivity index (χ0n) is 11.9. The molecule has 0 aliphatic carbocycles. The van der Waals surface area contributed by atoms with Gasteiger partial charge in [0.05, 0.1) is 14.8 Å². The van der Waals surface area contributed by atoms with E-state index in [2.05, 4.69) is 11.8 Å². The molecule has 0 spiro atoms. The lowest BCUT2D eigenvalue weighted by Gasteiger charge is -2.12. The number of hydrogen-bond donors (Lipinski definition) is 0. The lowest BCUT2D eigenvalue weighted by atomic mass is 10.1. The zero-order chi connectivity index (χ0) is 16.3. The number of benzene rings is 1. The summed E-state index contributed by atoms with van der Waals surface area (Å²) in [5, 5.41) is 0. The maximum Gasteiger partial charge on any atom is 0.264 e. The van der Waals surface area contributed by atoms with Crippen LogP contribution in [0.4, 0.5) is 8.78 Å². The van der Waals surface area contributed by atoms with Gasteiger partial charge in [0, 0.05) is 19.2 Å². The average molecular weight is 415 g/mol. The largest absolute Gasteiger partial charge is 0.481 e. The summed E-state index contributed by atoms with van der Waals surface area (Å²) >= 11 is 1.87. The molecule has 0 bridgehead atoms. The molecule has 114 valence electrons. The fourth-order valence-electron chi connectivity index (χ4n) is 1.93. The van der Waals surface area contributed by atoms with Crippen LogP contribution in [0.1, 0.15) is 6.92 Å². The average Bonchev–Trinajstić information content (AvgIpc) is 2.47. The van der Waals surface area contributed by atoms with Crippen molar-refractivity contribution in [3.8, 4) is 28.8 Å². The van der Waals surface area contributed by atoms with Crippen LogP contribution in [0.5, 0.6) is 5.75 Å². The van der Waals surface area contributed by atoms with Gasteiger partial charge in [0.25, 0.3) is 5.56 Å². The molecule has 1 aromatic heterocycles. The topological polar surface area (TPSA) is 31.2 Å². The van der Waals surface area contributed by atoms with Crippen LogP contribution < -0.4 is 10.3 Å². The number of aromatic nitrogens is 1. The lowest BCUT2D eigenvalue weighted by molar-refractivity contribution is 0.365. The number of halogens is 3. The number of hydrogen-bond acceptors (Lipinski definition) is 2. The Labute approximate surface area is 140 Å². The smallest absolute Gasteiger partial charge is 0.264 e. The number of pyridine rings is 1. The standard InChI is InChI=1S/C16H12F2INO2/c1-3-4-7-22-10-8-11(17)15(12(18)9-10)14-6-5-13(19)16(21)20(14)2/h5-6,8-9H,7H2,1-2H3. The molecule has 6 heteroatoms. The van der Waals surface area contributed by atoms with Crippen molar-refractivity contribution in [2.24, 2.45) is 7.05 Å². The molecule has 1 aromatic carbocycles. The molecule has 3 nitrogen and oxygen atoms in total. The summed E-state index contributed by atoms with van der Waals surface area (Å²) in [4.78, 5) is 11.9. The number of ether oxygens (including phenoxy) is 1. The highest BCUT2D eigenvalue weighted by Gasteiger charge is 2.17. The van der Waals surface area contributed by atoms with Gasteiger partial charge >= 0.3 is 0 Å². The molecule has 2 aromatic rings. The summed E-state index contributed by atoms with van der Waals surface area (Å²) in [7, 11) is 1.47. The molecule has 0 saturated heterocycles. The molecular formula is C16H12F2INO2. The second-order valence-electron chi connectivity index (χ2n) is 4.41. The van der Waals surface area contributed by atoms with Crippen molar-refractivity contribution in [1.82, 2.24) is 4.57 Å². The van der Waals surface area contributed by atoms with Crippen molar-refractivity contribution in [2.75, 3.05) is 6.61 Å². The maximum absolute atomic E-state index is 14.2. The second-order valence-corrected chi connectivity index (χ2v) is 5.57. The first kappa shape index (κ1) is 16.5. The van der Waals surface area contributed by atoms with Gasteiger partial charge in [-0.2, -0.15) is 0 Å². The molecule has 0 unspecified atom stereocenters. The van der Waals surface area contributed by atoms with E-state index in [0.29, 0.717) is 3.57 Å². The molecular weight excluding hydrogens is 403 g/mol. The molecule has 0 aliphatic rings. The number of rotatable bonds is 3. The van der Waals surface area contributed by atoms with Crippen molar-refractivity contribution < 1.29 is 13.5 Å². The van der Waals surface area contributed by atoms with Gasteiger partial charge in [-0.15, -0.1) is 5.92 Å². The summed E-state index contributed by atoms with van der Waals surface area (Å²) in [6.07, 6.45) is 0. The van der Waals surface area contributed by atoms with E-state index in [1.165, 1.54) is 23.7 Å². The lowest BCUT2D eigenvalue weighted by Crippen LogP contribution is -2.21. The van der Waals surface area contributed by atoms with Crippen LogP contribution in [0.25, 0.3) is 11.3 Å². The molecule has 0 radical (unpaired) electrons. The van der Waals surface area contributed by atoms with Gasteiger partial charge in [-0.25, -0.2) is 8.78 Å². The first-order valence-corrected chi connectivity index (χ1v) is 7.41. The minimum atomic E-state index is -0.796. The monoisotopic (exact) mass is 415 g/mol. The van der Waals surface area contributed by atoms with E-state index in [9.17, 15) is 13.6 Å². The minimum Gasteiger partial charge on any atom is -0.481 e. The molecule has 2 rings (SSSR count). The van der Waals surface area contributed by atoms with Gasteiger partial charge in [-0.3, -0.25) is 4.79 Å². The van der Waals surface area contributed by atoms with Crippen molar-refractivity contribution >= 4 is 22.6 Å². The minimum absolute atomic E-state index is 0.0523. The Morgan fingerprint density at radius 3 is 2.50 bits per heavy atom. The molecule has 0 amide bonds. The van der Waals surface area contributed by atoms with E-state index in [1.54, 1.807) is 6.92 Å². The van der Waals surface area contributed by atoms with Gasteiger partial charge in [0.1, 0.15) is 24.0 Å². The van der Waals surface area contributed by atoms with Crippen LogP contribution in [-0.2, 0) is 7.05 Å². The third-order valence-electron chi connectivity index (χ3n) is 3.02. The van der Waals surface area contributed by atoms with Crippen molar-refractivity contribution in [3.05, 3.63) is 49.8 Å². The predicted octanol–water partition coefficient (Wildman–Crippen LogP) is 3.34. The van der Waals surface area contributed by atoms with Crippen LogP contribution in [-0.4, -0.2) is 11.2 Å². The van der Waals surface area contributed by atoms with E-state index in [0.717, 1.165) is 12.1 Å². The first-order valence-electron chi connectivity index (χ1n) is 6.33. The highest BCUT2D eigenvalue weighted by molar-refractivity contribution is 14.1. The Kier molecular flexibility index (Phi) is 5.19. The van der Waals surface area contributed by atoms with Gasteiger partial charge in [0.15, 0.2) is 0 Å². The van der Waals surface area contributed by atoms with E-state index in [4.69, 9.17) is 4.74 Å². The molecule has 0 fully saturated rings. The number of nitrogens with zero attached hydrogens (tertiary/aromatic N) is 1. The molecule has 22 heavy (non-hydrogen) atoms. The third kappa shape index (κ3) is 3.30. The summed E-state index contributed by atoms with van der Waals surface area (Å²) < 4.78 is 35.3. The van der Waals surface area contributed by atoms with Gasteiger partial charge in [-0.1, -0.05) is 5.92 Å². The molecule has 1 heterocycles. The third-order valence-corrected chi connectivity index (χ3v) is 3.84. The maximum atomic E-state index is 14.2. The summed E-state index contributed by atoms with van der Waals surface area (Å²) in [5.41, 5.74) is -0.402. The first-order chi connectivity index (χ1) is 10.5. The van der Waals surface area contributed by atoms with E-state index in [1.807, 2.05) is 22.6 Å². The van der Waals surface area contributed by atoms with E-state index >= 15 is 0 Å². The van der Waals surface area contributed by atoms with E-state index in [-0.39, 0.29) is 29.2 Å². The van der Waals surface area contributed by atoms with Crippen molar-refractivity contribution in [2.45, 2.75) is 6.92 Å². The summed E-state index contributed by atoms with van der Waals surface area (Å²) in [6.45, 7) is 1.70. The van der Waals surface area contributed by atoms with Gasteiger partial charge in [0.2, 0.25) is 0 Å². The zero-order valence-corrected chi connectivity index (χ0v) is 14.1. The van der Waals surface area contributed by atoms with Crippen LogP contribution >= 0.6 is 22.6 Å². The predicted molar refractivity (Wildman–Crippen MR) is 88.7 cm³/mol. The Bertz CT molecular complexity index is 811. The Morgan fingerprint density at radius 1 is 1.27 bits per heavy atom. The molecule has 0 saturated carbocycles. The summed E-state index contributed by atoms with van der Waals surface area (Å²) in [6, 6.07) is 5.20. The quantitative estimate of drug-likeness (QED) is 0.569. The fraction of sp³-hybridized carbons (Fsp3) is 0.188. The SMILES string of the molecule is CC#CCOc1cc(F)c(-c2ccc(I)c(=O)n2C)c(F)c1. The summed E-state index contributed by atoms with van der Waals surface area (Å²) in [5.74, 6) is 3.72. The van der Waals surface area contributed by atoms with E-state index < -0.39 is 11.6 Å². The highest BCUT2D eigenvalue weighted by Crippen LogP contribution is 2.29. The molecule has 0 atom stereocenters. The Hall–Kier alpha value is -1.88. The van der Waals surface area contributed by atoms with Crippen LogP contribution in [0, 0.1) is 27.0 Å². The Morgan fingerprint density at radius 2 is 1.91 bits per heavy atom. The normalized spacial score (nSPS) is 10.0. The fourth-order valence-corrected chi connectivity index (χ4v) is 2.47. The Balaban J connectivity index is 2.51. The van der Waals surface area contributed by atoms with Crippen molar-refractivity contribution in [1.29, 1.82) is 0 Å². The molecule has 0 N–H and O–H groups in total. The van der Waals surface area contributed by atoms with Crippen LogP contribution in [0.15, 0.2) is 29.1 Å². The molecule has 0 aliphatic heterocycles. The van der Waals surface area contributed by atoms with Crippen LogP contribution in [0.3, 0.4) is 0 Å². The second kappa shape index (κ2) is 6.92. The van der Waals surface area contributed by atoms with Crippen molar-refractivity contribution in [3.63, 3.8) is 0 Å². The van der Waals surface area contributed by atoms with Gasteiger partial charge in [-0.05, 0) is 41.6 Å². The van der Waals surface area contributed by atoms with Gasteiger partial charge < -0.3 is 9.30 Å². The highest BCUT2D eigenvalue weighted by atomic mass is 127.